The van der Waals surface area contributed by atoms with Crippen LogP contribution in [0.4, 0.5) is 4.39 Å². The van der Waals surface area contributed by atoms with Gasteiger partial charge in [-0.2, -0.15) is 0 Å². The van der Waals surface area contributed by atoms with Gasteiger partial charge < -0.3 is 4.74 Å². The van der Waals surface area contributed by atoms with Gasteiger partial charge in [-0.1, -0.05) is 13.8 Å². The molecule has 0 fully saturated rings. The molecule has 0 radical (unpaired) electrons. The second kappa shape index (κ2) is 6.84. The normalized spacial score (nSPS) is 17.7. The maximum atomic E-state index is 13.8. The van der Waals surface area contributed by atoms with E-state index in [-0.39, 0.29) is 17.6 Å². The van der Waals surface area contributed by atoms with E-state index in [0.717, 1.165) is 32.2 Å². The van der Waals surface area contributed by atoms with E-state index >= 15 is 0 Å². The number of rotatable bonds is 6. The molecule has 3 nitrogen and oxygen atoms in total. The van der Waals surface area contributed by atoms with Crippen LogP contribution >= 0.6 is 0 Å². The van der Waals surface area contributed by atoms with Crippen LogP contribution in [0, 0.1) is 5.82 Å². The molecule has 1 unspecified atom stereocenters. The zero-order valence-electron chi connectivity index (χ0n) is 12.2. The van der Waals surface area contributed by atoms with Crippen molar-refractivity contribution in [3.8, 4) is 5.75 Å². The summed E-state index contributed by atoms with van der Waals surface area (Å²) in [6.07, 6.45) is 3.62. The third-order valence-electron chi connectivity index (χ3n) is 3.77. The molecule has 0 bridgehead atoms. The standard InChI is InChI=1S/C16H22FNO2/c1-3-7-18(8-4-2)13-9-14-12(10-19)5-6-15(17)16(14)20-11-13/h5-6,10,13H,3-4,7-9,11H2,1-2H3. The fourth-order valence-corrected chi connectivity index (χ4v) is 2.85. The van der Waals surface area contributed by atoms with Gasteiger partial charge in [0.05, 0.1) is 0 Å². The van der Waals surface area contributed by atoms with Crippen LogP contribution in [0.25, 0.3) is 0 Å². The molecule has 0 saturated heterocycles. The van der Waals surface area contributed by atoms with Crippen molar-refractivity contribution in [2.24, 2.45) is 0 Å². The van der Waals surface area contributed by atoms with Gasteiger partial charge in [-0.3, -0.25) is 9.69 Å². The number of aldehydes is 1. The van der Waals surface area contributed by atoms with Gasteiger partial charge in [0.25, 0.3) is 0 Å². The minimum absolute atomic E-state index is 0.225. The van der Waals surface area contributed by atoms with Gasteiger partial charge in [0, 0.05) is 17.2 Å². The Morgan fingerprint density at radius 2 is 2.05 bits per heavy atom. The fourth-order valence-electron chi connectivity index (χ4n) is 2.85. The predicted molar refractivity (Wildman–Crippen MR) is 76.9 cm³/mol. The van der Waals surface area contributed by atoms with Crippen LogP contribution in [0.2, 0.25) is 0 Å². The maximum absolute atomic E-state index is 13.8. The van der Waals surface area contributed by atoms with Crippen molar-refractivity contribution in [3.05, 3.63) is 29.1 Å². The Kier molecular flexibility index (Phi) is 5.12. The van der Waals surface area contributed by atoms with Gasteiger partial charge in [-0.25, -0.2) is 4.39 Å². The molecular weight excluding hydrogens is 257 g/mol. The van der Waals surface area contributed by atoms with E-state index in [9.17, 15) is 9.18 Å². The van der Waals surface area contributed by atoms with Crippen LogP contribution in [-0.2, 0) is 6.42 Å². The van der Waals surface area contributed by atoms with Crippen LogP contribution in [0.1, 0.15) is 42.6 Å². The molecule has 0 aliphatic carbocycles. The zero-order chi connectivity index (χ0) is 14.5. The second-order valence-electron chi connectivity index (χ2n) is 5.27. The summed E-state index contributed by atoms with van der Waals surface area (Å²) >= 11 is 0. The summed E-state index contributed by atoms with van der Waals surface area (Å²) in [6.45, 7) is 6.80. The summed E-state index contributed by atoms with van der Waals surface area (Å²) in [4.78, 5) is 13.5. The van der Waals surface area contributed by atoms with Gasteiger partial charge in [0.1, 0.15) is 12.9 Å². The first-order valence-corrected chi connectivity index (χ1v) is 7.34. The minimum atomic E-state index is -0.374. The van der Waals surface area contributed by atoms with Crippen molar-refractivity contribution in [1.82, 2.24) is 4.90 Å². The monoisotopic (exact) mass is 279 g/mol. The number of benzene rings is 1. The molecule has 0 N–H and O–H groups in total. The molecule has 1 aromatic carbocycles. The quantitative estimate of drug-likeness (QED) is 0.750. The summed E-state index contributed by atoms with van der Waals surface area (Å²) in [7, 11) is 0. The van der Waals surface area contributed by atoms with E-state index in [1.54, 1.807) is 0 Å². The topological polar surface area (TPSA) is 29.5 Å². The zero-order valence-corrected chi connectivity index (χ0v) is 12.2. The molecule has 1 aliphatic heterocycles. The first-order chi connectivity index (χ1) is 9.71. The highest BCUT2D eigenvalue weighted by molar-refractivity contribution is 5.79. The molecule has 4 heteroatoms. The van der Waals surface area contributed by atoms with E-state index in [0.29, 0.717) is 24.2 Å². The van der Waals surface area contributed by atoms with Crippen molar-refractivity contribution in [2.75, 3.05) is 19.7 Å². The average molecular weight is 279 g/mol. The van der Waals surface area contributed by atoms with Crippen LogP contribution in [0.3, 0.4) is 0 Å². The molecule has 0 amide bonds. The van der Waals surface area contributed by atoms with Gasteiger partial charge in [0.2, 0.25) is 0 Å². The lowest BCUT2D eigenvalue weighted by Gasteiger charge is -2.35. The Morgan fingerprint density at radius 3 is 2.65 bits per heavy atom. The third kappa shape index (κ3) is 3.01. The second-order valence-corrected chi connectivity index (χ2v) is 5.27. The first kappa shape index (κ1) is 15.0. The van der Waals surface area contributed by atoms with E-state index in [2.05, 4.69) is 18.7 Å². The van der Waals surface area contributed by atoms with Crippen LogP contribution in [-0.4, -0.2) is 36.9 Å². The summed E-state index contributed by atoms with van der Waals surface area (Å²) < 4.78 is 19.4. The number of hydrogen-bond acceptors (Lipinski definition) is 3. The summed E-state index contributed by atoms with van der Waals surface area (Å²) in [5.41, 5.74) is 1.26. The van der Waals surface area contributed by atoms with E-state index in [4.69, 9.17) is 4.74 Å². The first-order valence-electron chi connectivity index (χ1n) is 7.34. The lowest BCUT2D eigenvalue weighted by atomic mass is 9.96. The van der Waals surface area contributed by atoms with Crippen LogP contribution in [0.5, 0.6) is 5.75 Å². The molecule has 0 saturated carbocycles. The van der Waals surface area contributed by atoms with Gasteiger partial charge in [0.15, 0.2) is 11.6 Å². The van der Waals surface area contributed by atoms with Crippen molar-refractivity contribution < 1.29 is 13.9 Å². The lowest BCUT2D eigenvalue weighted by Crippen LogP contribution is -2.44. The number of fused-ring (bicyclic) bond motifs is 1. The molecule has 1 heterocycles. The van der Waals surface area contributed by atoms with Crippen molar-refractivity contribution in [1.29, 1.82) is 0 Å². The number of carbonyl (C=O) groups excluding carboxylic acids is 1. The molecule has 1 aromatic rings. The Bertz CT molecular complexity index is 470. The maximum Gasteiger partial charge on any atom is 0.165 e. The molecule has 0 aromatic heterocycles. The number of halogens is 1. The highest BCUT2D eigenvalue weighted by atomic mass is 19.1. The van der Waals surface area contributed by atoms with Gasteiger partial charge in [-0.05, 0) is 44.5 Å². The molecule has 2 rings (SSSR count). The predicted octanol–water partition coefficient (Wildman–Crippen LogP) is 3.06. The van der Waals surface area contributed by atoms with E-state index in [1.807, 2.05) is 0 Å². The molecular formula is C16H22FNO2. The molecule has 1 atom stereocenters. The third-order valence-corrected chi connectivity index (χ3v) is 3.77. The largest absolute Gasteiger partial charge is 0.489 e. The Hall–Kier alpha value is -1.42. The Balaban J connectivity index is 2.24. The number of ether oxygens (including phenoxy) is 1. The SMILES string of the molecule is CCCN(CCC)C1COc2c(F)ccc(C=O)c2C1. The molecule has 20 heavy (non-hydrogen) atoms. The molecule has 110 valence electrons. The van der Waals surface area contributed by atoms with Crippen molar-refractivity contribution in [3.63, 3.8) is 0 Å². The fraction of sp³-hybridized carbons (Fsp3) is 0.562. The van der Waals surface area contributed by atoms with Crippen molar-refractivity contribution >= 4 is 6.29 Å². The summed E-state index contributed by atoms with van der Waals surface area (Å²) in [5, 5.41) is 0. The van der Waals surface area contributed by atoms with Gasteiger partial charge >= 0.3 is 0 Å². The van der Waals surface area contributed by atoms with Gasteiger partial charge in [-0.15, -0.1) is 0 Å². The lowest BCUT2D eigenvalue weighted by molar-refractivity contribution is 0.109. The van der Waals surface area contributed by atoms with Crippen LogP contribution in [0.15, 0.2) is 12.1 Å². The smallest absolute Gasteiger partial charge is 0.165 e. The highest BCUT2D eigenvalue weighted by Crippen LogP contribution is 2.31. The highest BCUT2D eigenvalue weighted by Gasteiger charge is 2.28. The van der Waals surface area contributed by atoms with Crippen LogP contribution < -0.4 is 4.74 Å². The Labute approximate surface area is 119 Å². The van der Waals surface area contributed by atoms with E-state index in [1.165, 1.54) is 12.1 Å². The molecule has 0 spiro atoms. The Morgan fingerprint density at radius 1 is 1.35 bits per heavy atom. The summed E-state index contributed by atoms with van der Waals surface area (Å²) in [6, 6.07) is 3.07. The number of nitrogens with zero attached hydrogens (tertiary/aromatic N) is 1. The summed E-state index contributed by atoms with van der Waals surface area (Å²) in [5.74, 6) is -0.111. The minimum Gasteiger partial charge on any atom is -0.489 e. The molecule has 1 aliphatic rings. The average Bonchev–Trinajstić information content (AvgIpc) is 2.47. The van der Waals surface area contributed by atoms with E-state index < -0.39 is 0 Å². The number of carbonyl (C=O) groups is 1. The van der Waals surface area contributed by atoms with Crippen molar-refractivity contribution in [2.45, 2.75) is 39.2 Å². The number of hydrogen-bond donors (Lipinski definition) is 0.